The lowest BCUT2D eigenvalue weighted by atomic mass is 9.81. The first-order chi connectivity index (χ1) is 10.6. The largest absolute Gasteiger partial charge is 0.381 e. The topological polar surface area (TPSA) is 50.4 Å². The molecule has 1 atom stereocenters. The molecule has 0 aliphatic carbocycles. The average Bonchev–Trinajstić information content (AvgIpc) is 2.46. The SMILES string of the molecule is CC(C(=O)NC1(c2cccc(F)c2)CCOCC1)C1CNC1.Cl. The van der Waals surface area contributed by atoms with Crippen LogP contribution in [-0.4, -0.2) is 32.2 Å². The van der Waals surface area contributed by atoms with E-state index in [0.717, 1.165) is 18.7 Å². The summed E-state index contributed by atoms with van der Waals surface area (Å²) in [5.74, 6) is 0.144. The zero-order valence-electron chi connectivity index (χ0n) is 13.3. The van der Waals surface area contributed by atoms with E-state index in [1.165, 1.54) is 12.1 Å². The first-order valence-corrected chi connectivity index (χ1v) is 7.97. The Balaban J connectivity index is 0.00000192. The van der Waals surface area contributed by atoms with Crippen molar-refractivity contribution in [3.05, 3.63) is 35.6 Å². The van der Waals surface area contributed by atoms with Gasteiger partial charge in [0.25, 0.3) is 0 Å². The maximum Gasteiger partial charge on any atom is 0.223 e. The number of halogens is 2. The second-order valence-electron chi connectivity index (χ2n) is 6.40. The Kier molecular flexibility index (Phi) is 6.00. The molecule has 0 saturated carbocycles. The predicted molar refractivity (Wildman–Crippen MR) is 89.0 cm³/mol. The van der Waals surface area contributed by atoms with E-state index in [1.54, 1.807) is 6.07 Å². The van der Waals surface area contributed by atoms with Crippen molar-refractivity contribution in [3.8, 4) is 0 Å². The summed E-state index contributed by atoms with van der Waals surface area (Å²) in [4.78, 5) is 12.6. The number of rotatable bonds is 4. The van der Waals surface area contributed by atoms with Gasteiger partial charge in [0.1, 0.15) is 5.82 Å². The third kappa shape index (κ3) is 3.84. The average molecular weight is 343 g/mol. The Morgan fingerprint density at radius 1 is 1.39 bits per heavy atom. The molecule has 2 saturated heterocycles. The van der Waals surface area contributed by atoms with E-state index >= 15 is 0 Å². The van der Waals surface area contributed by atoms with Gasteiger partial charge in [0.05, 0.1) is 5.54 Å². The van der Waals surface area contributed by atoms with Crippen LogP contribution in [0.25, 0.3) is 0 Å². The van der Waals surface area contributed by atoms with Crippen LogP contribution in [0.15, 0.2) is 24.3 Å². The van der Waals surface area contributed by atoms with Crippen LogP contribution in [-0.2, 0) is 15.1 Å². The maximum absolute atomic E-state index is 13.6. The number of ether oxygens (including phenoxy) is 1. The number of benzene rings is 1. The van der Waals surface area contributed by atoms with E-state index in [-0.39, 0.29) is 30.0 Å². The second-order valence-corrected chi connectivity index (χ2v) is 6.40. The molecule has 6 heteroatoms. The van der Waals surface area contributed by atoms with E-state index in [0.29, 0.717) is 32.0 Å². The first-order valence-electron chi connectivity index (χ1n) is 7.97. The smallest absolute Gasteiger partial charge is 0.223 e. The third-order valence-electron chi connectivity index (χ3n) is 5.02. The molecule has 0 aromatic heterocycles. The number of carbonyl (C=O) groups excluding carboxylic acids is 1. The van der Waals surface area contributed by atoms with E-state index in [9.17, 15) is 9.18 Å². The summed E-state index contributed by atoms with van der Waals surface area (Å²) in [6, 6.07) is 6.56. The minimum Gasteiger partial charge on any atom is -0.381 e. The Labute approximate surface area is 142 Å². The number of amides is 1. The summed E-state index contributed by atoms with van der Waals surface area (Å²) in [7, 11) is 0. The van der Waals surface area contributed by atoms with Gasteiger partial charge in [0, 0.05) is 19.1 Å². The van der Waals surface area contributed by atoms with Gasteiger partial charge in [-0.25, -0.2) is 4.39 Å². The lowest BCUT2D eigenvalue weighted by Gasteiger charge is -2.41. The molecule has 2 heterocycles. The van der Waals surface area contributed by atoms with Crippen LogP contribution in [0.2, 0.25) is 0 Å². The predicted octanol–water partition coefficient (Wildman–Crippen LogP) is 2.22. The minimum atomic E-state index is -0.511. The molecule has 1 aromatic rings. The van der Waals surface area contributed by atoms with Crippen molar-refractivity contribution >= 4 is 18.3 Å². The number of hydrogen-bond donors (Lipinski definition) is 2. The van der Waals surface area contributed by atoms with E-state index in [4.69, 9.17) is 4.74 Å². The fraction of sp³-hybridized carbons (Fsp3) is 0.588. The van der Waals surface area contributed by atoms with E-state index in [2.05, 4.69) is 10.6 Å². The molecule has 1 amide bonds. The molecule has 4 nitrogen and oxygen atoms in total. The van der Waals surface area contributed by atoms with Crippen molar-refractivity contribution in [2.24, 2.45) is 11.8 Å². The lowest BCUT2D eigenvalue weighted by molar-refractivity contribution is -0.130. The van der Waals surface area contributed by atoms with Crippen LogP contribution in [0.1, 0.15) is 25.3 Å². The Bertz CT molecular complexity index is 545. The summed E-state index contributed by atoms with van der Waals surface area (Å²) in [6.45, 7) is 4.92. The van der Waals surface area contributed by atoms with Crippen molar-refractivity contribution < 1.29 is 13.9 Å². The highest BCUT2D eigenvalue weighted by molar-refractivity contribution is 5.85. The van der Waals surface area contributed by atoms with Gasteiger partial charge in [-0.2, -0.15) is 0 Å². The van der Waals surface area contributed by atoms with Crippen LogP contribution < -0.4 is 10.6 Å². The van der Waals surface area contributed by atoms with Gasteiger partial charge >= 0.3 is 0 Å². The molecule has 0 bridgehead atoms. The molecule has 0 spiro atoms. The number of hydrogen-bond acceptors (Lipinski definition) is 3. The summed E-state index contributed by atoms with van der Waals surface area (Å²) < 4.78 is 19.1. The number of nitrogens with one attached hydrogen (secondary N) is 2. The molecular formula is C17H24ClFN2O2. The summed E-state index contributed by atoms with van der Waals surface area (Å²) >= 11 is 0. The Morgan fingerprint density at radius 3 is 2.65 bits per heavy atom. The molecule has 2 aliphatic heterocycles. The monoisotopic (exact) mass is 342 g/mol. The molecule has 23 heavy (non-hydrogen) atoms. The third-order valence-corrected chi connectivity index (χ3v) is 5.02. The fourth-order valence-corrected chi connectivity index (χ4v) is 3.22. The van der Waals surface area contributed by atoms with E-state index in [1.807, 2.05) is 13.0 Å². The van der Waals surface area contributed by atoms with Crippen LogP contribution in [0.5, 0.6) is 0 Å². The highest BCUT2D eigenvalue weighted by Gasteiger charge is 2.39. The fourth-order valence-electron chi connectivity index (χ4n) is 3.22. The highest BCUT2D eigenvalue weighted by Crippen LogP contribution is 2.33. The van der Waals surface area contributed by atoms with Crippen molar-refractivity contribution in [2.75, 3.05) is 26.3 Å². The van der Waals surface area contributed by atoms with Gasteiger partial charge < -0.3 is 15.4 Å². The Hall–Kier alpha value is -1.17. The van der Waals surface area contributed by atoms with Gasteiger partial charge in [0.2, 0.25) is 5.91 Å². The molecule has 0 radical (unpaired) electrons. The zero-order chi connectivity index (χ0) is 15.6. The maximum atomic E-state index is 13.6. The molecule has 3 rings (SSSR count). The molecule has 1 unspecified atom stereocenters. The molecule has 2 fully saturated rings. The van der Waals surface area contributed by atoms with Gasteiger partial charge in [-0.3, -0.25) is 4.79 Å². The molecular weight excluding hydrogens is 319 g/mol. The lowest BCUT2D eigenvalue weighted by Crippen LogP contribution is -2.55. The molecule has 128 valence electrons. The summed E-state index contributed by atoms with van der Waals surface area (Å²) in [6.07, 6.45) is 1.36. The zero-order valence-corrected chi connectivity index (χ0v) is 14.1. The normalized spacial score (nSPS) is 21.7. The van der Waals surface area contributed by atoms with E-state index < -0.39 is 5.54 Å². The van der Waals surface area contributed by atoms with Crippen LogP contribution >= 0.6 is 12.4 Å². The Morgan fingerprint density at radius 2 is 2.09 bits per heavy atom. The van der Waals surface area contributed by atoms with Crippen molar-refractivity contribution in [1.82, 2.24) is 10.6 Å². The van der Waals surface area contributed by atoms with Gasteiger partial charge in [0.15, 0.2) is 0 Å². The van der Waals surface area contributed by atoms with Gasteiger partial charge in [-0.1, -0.05) is 19.1 Å². The number of carbonyl (C=O) groups is 1. The van der Waals surface area contributed by atoms with Gasteiger partial charge in [-0.05, 0) is 49.5 Å². The van der Waals surface area contributed by atoms with Crippen molar-refractivity contribution in [1.29, 1.82) is 0 Å². The van der Waals surface area contributed by atoms with Crippen LogP contribution in [0.4, 0.5) is 4.39 Å². The quantitative estimate of drug-likeness (QED) is 0.882. The first kappa shape index (κ1) is 18.2. The van der Waals surface area contributed by atoms with Crippen molar-refractivity contribution in [2.45, 2.75) is 25.3 Å². The second kappa shape index (κ2) is 7.60. The van der Waals surface area contributed by atoms with Gasteiger partial charge in [-0.15, -0.1) is 12.4 Å². The van der Waals surface area contributed by atoms with Crippen LogP contribution in [0.3, 0.4) is 0 Å². The molecule has 2 aliphatic rings. The molecule has 1 aromatic carbocycles. The summed E-state index contributed by atoms with van der Waals surface area (Å²) in [5, 5.41) is 6.41. The standard InChI is InChI=1S/C17H23FN2O2.ClH/c1-12(13-10-19-11-13)16(21)20-17(5-7-22-8-6-17)14-3-2-4-15(18)9-14;/h2-4,9,12-13,19H,5-8,10-11H2,1H3,(H,20,21);1H. The highest BCUT2D eigenvalue weighted by atomic mass is 35.5. The van der Waals surface area contributed by atoms with Crippen molar-refractivity contribution in [3.63, 3.8) is 0 Å². The summed E-state index contributed by atoms with van der Waals surface area (Å²) in [5.41, 5.74) is 0.325. The van der Waals surface area contributed by atoms with Crippen LogP contribution in [0, 0.1) is 17.7 Å². The molecule has 2 N–H and O–H groups in total. The minimum absolute atomic E-state index is 0.